The smallest absolute Gasteiger partial charge is 0.192 e. The molecule has 1 atom stereocenters. The molecule has 0 radical (unpaired) electrons. The molecule has 26 heavy (non-hydrogen) atoms. The van der Waals surface area contributed by atoms with Crippen LogP contribution in [0.4, 0.5) is 0 Å². The van der Waals surface area contributed by atoms with Crippen molar-refractivity contribution in [2.24, 2.45) is 0 Å². The largest absolute Gasteiger partial charge is 0.497 e. The summed E-state index contributed by atoms with van der Waals surface area (Å²) in [4.78, 5) is 0. The Morgan fingerprint density at radius 2 is 1.73 bits per heavy atom. The minimum atomic E-state index is -1.62. The van der Waals surface area contributed by atoms with Crippen LogP contribution in [0.1, 0.15) is 39.2 Å². The fourth-order valence-electron chi connectivity index (χ4n) is 3.06. The Labute approximate surface area is 169 Å². The summed E-state index contributed by atoms with van der Waals surface area (Å²) in [5, 5.41) is 0.832. The van der Waals surface area contributed by atoms with E-state index in [2.05, 4.69) is 43.3 Å². The highest BCUT2D eigenvalue weighted by molar-refractivity contribution is 9.09. The first-order valence-electron chi connectivity index (χ1n) is 9.63. The number of hydrogen-bond donors (Lipinski definition) is 0. The quantitative estimate of drug-likeness (QED) is 0.145. The molecule has 0 saturated carbocycles. The van der Waals surface area contributed by atoms with Crippen LogP contribution < -0.4 is 4.74 Å². The molecule has 5 heteroatoms. The summed E-state index contributed by atoms with van der Waals surface area (Å²) in [5.41, 5.74) is 2.35. The fraction of sp³-hybridized carbons (Fsp3) is 0.619. The molecule has 0 amide bonds. The van der Waals surface area contributed by atoms with Crippen molar-refractivity contribution >= 4 is 24.2 Å². The highest BCUT2D eigenvalue weighted by Crippen LogP contribution is 2.27. The van der Waals surface area contributed by atoms with E-state index in [0.29, 0.717) is 13.2 Å². The van der Waals surface area contributed by atoms with Crippen molar-refractivity contribution in [1.29, 1.82) is 0 Å². The Morgan fingerprint density at radius 3 is 2.23 bits per heavy atom. The predicted molar refractivity (Wildman–Crippen MR) is 117 cm³/mol. The van der Waals surface area contributed by atoms with E-state index in [4.69, 9.17) is 13.9 Å². The van der Waals surface area contributed by atoms with Gasteiger partial charge in [0, 0.05) is 11.9 Å². The van der Waals surface area contributed by atoms with Crippen molar-refractivity contribution in [2.75, 3.05) is 19.0 Å². The molecule has 0 aromatic heterocycles. The van der Waals surface area contributed by atoms with Crippen molar-refractivity contribution in [1.82, 2.24) is 0 Å². The normalized spacial score (nSPS) is 12.8. The topological polar surface area (TPSA) is 27.7 Å². The SMILES string of the molecule is C=C(CBr)C[C@H](CCOCc1ccc(OC)cc1)O[Si](CC)(CC)CC. The van der Waals surface area contributed by atoms with Crippen molar-refractivity contribution in [2.45, 2.75) is 64.5 Å². The molecule has 0 N–H and O–H groups in total. The van der Waals surface area contributed by atoms with Gasteiger partial charge in [0.05, 0.1) is 19.8 Å². The summed E-state index contributed by atoms with van der Waals surface area (Å²) in [6, 6.07) is 11.5. The third kappa shape index (κ3) is 7.95. The maximum absolute atomic E-state index is 6.70. The van der Waals surface area contributed by atoms with E-state index in [1.807, 2.05) is 24.3 Å². The molecule has 148 valence electrons. The second-order valence-electron chi connectivity index (χ2n) is 6.76. The molecular formula is C21H35BrO3Si. The number of ether oxygens (including phenoxy) is 2. The van der Waals surface area contributed by atoms with Crippen LogP contribution in [-0.2, 0) is 15.8 Å². The second kappa shape index (κ2) is 12.7. The van der Waals surface area contributed by atoms with Crippen LogP contribution in [0.2, 0.25) is 18.1 Å². The van der Waals surface area contributed by atoms with Gasteiger partial charge in [-0.1, -0.05) is 61.0 Å². The molecular weight excluding hydrogens is 408 g/mol. The highest BCUT2D eigenvalue weighted by Gasteiger charge is 2.32. The predicted octanol–water partition coefficient (Wildman–Crippen LogP) is 6.33. The summed E-state index contributed by atoms with van der Waals surface area (Å²) >= 11 is 3.51. The fourth-order valence-corrected chi connectivity index (χ4v) is 6.20. The van der Waals surface area contributed by atoms with E-state index >= 15 is 0 Å². The molecule has 0 unspecified atom stereocenters. The van der Waals surface area contributed by atoms with Crippen LogP contribution in [0.15, 0.2) is 36.4 Å². The van der Waals surface area contributed by atoms with Crippen LogP contribution >= 0.6 is 15.9 Å². The number of halogens is 1. The number of hydrogen-bond acceptors (Lipinski definition) is 3. The van der Waals surface area contributed by atoms with E-state index in [9.17, 15) is 0 Å². The zero-order valence-electron chi connectivity index (χ0n) is 16.9. The van der Waals surface area contributed by atoms with Gasteiger partial charge >= 0.3 is 0 Å². The third-order valence-corrected chi connectivity index (χ3v) is 10.6. The number of rotatable bonds is 14. The molecule has 0 bridgehead atoms. The van der Waals surface area contributed by atoms with E-state index in [0.717, 1.165) is 29.5 Å². The van der Waals surface area contributed by atoms with Crippen molar-refractivity contribution in [3.05, 3.63) is 42.0 Å². The van der Waals surface area contributed by atoms with Gasteiger partial charge in [0.15, 0.2) is 8.32 Å². The van der Waals surface area contributed by atoms with Gasteiger partial charge in [-0.3, -0.25) is 0 Å². The van der Waals surface area contributed by atoms with Gasteiger partial charge in [-0.2, -0.15) is 0 Å². The van der Waals surface area contributed by atoms with Crippen molar-refractivity contribution in [3.8, 4) is 5.75 Å². The van der Waals surface area contributed by atoms with Crippen LogP contribution in [0.3, 0.4) is 0 Å². The molecule has 0 spiro atoms. The van der Waals surface area contributed by atoms with E-state index < -0.39 is 8.32 Å². The van der Waals surface area contributed by atoms with Crippen molar-refractivity contribution in [3.63, 3.8) is 0 Å². The van der Waals surface area contributed by atoms with Gasteiger partial charge in [-0.05, 0) is 48.7 Å². The highest BCUT2D eigenvalue weighted by atomic mass is 79.9. The van der Waals surface area contributed by atoms with Crippen LogP contribution in [0.25, 0.3) is 0 Å². The Morgan fingerprint density at radius 1 is 1.12 bits per heavy atom. The second-order valence-corrected chi connectivity index (χ2v) is 12.0. The molecule has 0 fully saturated rings. The Kier molecular flexibility index (Phi) is 11.4. The van der Waals surface area contributed by atoms with Gasteiger partial charge in [0.1, 0.15) is 5.75 Å². The molecule has 1 aromatic carbocycles. The average molecular weight is 443 g/mol. The van der Waals surface area contributed by atoms with Gasteiger partial charge in [0.2, 0.25) is 0 Å². The minimum Gasteiger partial charge on any atom is -0.497 e. The number of alkyl halides is 1. The summed E-state index contributed by atoms with van der Waals surface area (Å²) < 4.78 is 17.8. The van der Waals surface area contributed by atoms with Crippen LogP contribution in [0.5, 0.6) is 5.75 Å². The Bertz CT molecular complexity index is 506. The van der Waals surface area contributed by atoms with E-state index in [-0.39, 0.29) is 6.10 Å². The van der Waals surface area contributed by atoms with Gasteiger partial charge in [-0.15, -0.1) is 0 Å². The van der Waals surface area contributed by atoms with E-state index in [1.54, 1.807) is 7.11 Å². The lowest BCUT2D eigenvalue weighted by Gasteiger charge is -2.33. The molecule has 0 heterocycles. The number of benzene rings is 1. The molecule has 0 aliphatic rings. The molecule has 0 saturated heterocycles. The zero-order valence-corrected chi connectivity index (χ0v) is 19.4. The summed E-state index contributed by atoms with van der Waals surface area (Å²) in [6.45, 7) is 12.3. The lowest BCUT2D eigenvalue weighted by atomic mass is 10.1. The Balaban J connectivity index is 2.54. The first-order chi connectivity index (χ1) is 12.5. The molecule has 1 rings (SSSR count). The lowest BCUT2D eigenvalue weighted by Crippen LogP contribution is -2.40. The summed E-state index contributed by atoms with van der Waals surface area (Å²) in [7, 11) is 0.0587. The van der Waals surface area contributed by atoms with Gasteiger partial charge < -0.3 is 13.9 Å². The van der Waals surface area contributed by atoms with Gasteiger partial charge in [-0.25, -0.2) is 0 Å². The first kappa shape index (κ1) is 23.4. The monoisotopic (exact) mass is 442 g/mol. The summed E-state index contributed by atoms with van der Waals surface area (Å²) in [6.07, 6.45) is 2.03. The van der Waals surface area contributed by atoms with E-state index in [1.165, 1.54) is 23.7 Å². The molecule has 0 aliphatic heterocycles. The maximum Gasteiger partial charge on any atom is 0.192 e. The standard InChI is InChI=1S/C21H35BrO3Si/c1-6-26(7-2,8-3)25-21(15-18(4)16-22)13-14-24-17-19-9-11-20(23-5)12-10-19/h9-12,21H,4,6-8,13-17H2,1-3,5H3/t21-/m0/s1. The summed E-state index contributed by atoms with van der Waals surface area (Å²) in [5.74, 6) is 0.871. The van der Waals surface area contributed by atoms with Crippen molar-refractivity contribution < 1.29 is 13.9 Å². The molecule has 3 nitrogen and oxygen atoms in total. The maximum atomic E-state index is 6.70. The first-order valence-corrected chi connectivity index (χ1v) is 13.3. The van der Waals surface area contributed by atoms with Crippen LogP contribution in [-0.4, -0.2) is 33.5 Å². The lowest BCUT2D eigenvalue weighted by molar-refractivity contribution is 0.0786. The Hall–Kier alpha value is -0.623. The zero-order chi connectivity index (χ0) is 19.4. The van der Waals surface area contributed by atoms with Gasteiger partial charge in [0.25, 0.3) is 0 Å². The minimum absolute atomic E-state index is 0.211. The average Bonchev–Trinajstić information content (AvgIpc) is 2.69. The molecule has 1 aromatic rings. The number of methoxy groups -OCH3 is 1. The van der Waals surface area contributed by atoms with Crippen LogP contribution in [0, 0.1) is 0 Å². The molecule has 0 aliphatic carbocycles. The third-order valence-electron chi connectivity index (χ3n) is 5.07.